The summed E-state index contributed by atoms with van der Waals surface area (Å²) < 4.78 is 6.85. The maximum atomic E-state index is 6.03. The fourth-order valence-electron chi connectivity index (χ4n) is 1.79. The molecule has 2 aromatic carbocycles. The number of halogens is 4. The molecule has 0 bridgehead atoms. The summed E-state index contributed by atoms with van der Waals surface area (Å²) in [6.07, 6.45) is 0.584. The predicted octanol–water partition coefficient (Wildman–Crippen LogP) is 6.50. The lowest BCUT2D eigenvalue weighted by Crippen LogP contribution is -2.08. The van der Waals surface area contributed by atoms with Gasteiger partial charge in [0.1, 0.15) is 11.9 Å². The summed E-state index contributed by atoms with van der Waals surface area (Å²) in [7, 11) is 0. The summed E-state index contributed by atoms with van der Waals surface area (Å²) in [4.78, 5) is 0. The van der Waals surface area contributed by atoms with Crippen LogP contribution in [0.25, 0.3) is 0 Å². The maximum absolute atomic E-state index is 6.03. The largest absolute Gasteiger partial charge is 0.485 e. The van der Waals surface area contributed by atoms with E-state index in [1.54, 1.807) is 12.1 Å². The molecule has 0 aliphatic carbocycles. The van der Waals surface area contributed by atoms with Crippen molar-refractivity contribution in [3.63, 3.8) is 0 Å². The van der Waals surface area contributed by atoms with Gasteiger partial charge in [-0.1, -0.05) is 35.3 Å². The van der Waals surface area contributed by atoms with Crippen LogP contribution in [0.4, 0.5) is 0 Å². The van der Waals surface area contributed by atoms with Crippen molar-refractivity contribution in [2.75, 3.05) is 5.88 Å². The molecule has 0 radical (unpaired) electrons. The van der Waals surface area contributed by atoms with Crippen molar-refractivity contribution in [1.82, 2.24) is 0 Å². The van der Waals surface area contributed by atoms with E-state index in [0.717, 1.165) is 15.8 Å². The molecule has 0 N–H and O–H groups in total. The topological polar surface area (TPSA) is 9.23 Å². The van der Waals surface area contributed by atoms with Gasteiger partial charge in [0.25, 0.3) is 0 Å². The van der Waals surface area contributed by atoms with Crippen LogP contribution in [-0.4, -0.2) is 5.88 Å². The molecule has 0 aliphatic rings. The van der Waals surface area contributed by atoms with Crippen LogP contribution in [-0.2, 0) is 0 Å². The van der Waals surface area contributed by atoms with Gasteiger partial charge in [-0.25, -0.2) is 0 Å². The summed E-state index contributed by atoms with van der Waals surface area (Å²) in [5.74, 6) is 1.25. The zero-order valence-electron chi connectivity index (χ0n) is 10.5. The van der Waals surface area contributed by atoms with Gasteiger partial charge in [-0.15, -0.1) is 11.6 Å². The van der Waals surface area contributed by atoms with Gasteiger partial charge in [-0.05, 0) is 51.8 Å². The first kappa shape index (κ1) is 16.0. The van der Waals surface area contributed by atoms with E-state index >= 15 is 0 Å². The summed E-state index contributed by atoms with van der Waals surface area (Å²) in [6.45, 7) is 0. The molecular weight excluding hydrogens is 382 g/mol. The molecule has 20 heavy (non-hydrogen) atoms. The lowest BCUT2D eigenvalue weighted by molar-refractivity contribution is 0.201. The molecule has 0 saturated heterocycles. The van der Waals surface area contributed by atoms with Crippen molar-refractivity contribution in [1.29, 1.82) is 0 Å². The van der Waals surface area contributed by atoms with Crippen LogP contribution in [0.3, 0.4) is 0 Å². The summed E-state index contributed by atoms with van der Waals surface area (Å²) >= 11 is 21.2. The van der Waals surface area contributed by atoms with E-state index in [-0.39, 0.29) is 6.10 Å². The third kappa shape index (κ3) is 4.29. The van der Waals surface area contributed by atoms with E-state index in [1.807, 2.05) is 30.3 Å². The molecule has 0 aliphatic heterocycles. The number of hydrogen-bond acceptors (Lipinski definition) is 1. The molecule has 0 aromatic heterocycles. The Balaban J connectivity index is 2.22. The van der Waals surface area contributed by atoms with Crippen LogP contribution in [0, 0.1) is 0 Å². The summed E-state index contributed by atoms with van der Waals surface area (Å²) in [6, 6.07) is 13.0. The fraction of sp³-hybridized carbons (Fsp3) is 0.200. The van der Waals surface area contributed by atoms with Crippen LogP contribution >= 0.6 is 50.7 Å². The van der Waals surface area contributed by atoms with Crippen molar-refractivity contribution in [3.05, 3.63) is 62.5 Å². The standard InChI is InChI=1S/C15H12BrCl3O/c16-13-9-12(19)5-6-15(13)20-14(7-8-17)10-1-3-11(18)4-2-10/h1-6,9,14H,7-8H2/t14-/m1/s1. The minimum atomic E-state index is -0.123. The average Bonchev–Trinajstić information content (AvgIpc) is 2.42. The van der Waals surface area contributed by atoms with Crippen molar-refractivity contribution in [2.24, 2.45) is 0 Å². The zero-order valence-corrected chi connectivity index (χ0v) is 14.3. The van der Waals surface area contributed by atoms with Crippen molar-refractivity contribution >= 4 is 50.7 Å². The molecule has 0 spiro atoms. The Morgan fingerprint density at radius 3 is 2.25 bits per heavy atom. The number of rotatable bonds is 5. The highest BCUT2D eigenvalue weighted by Gasteiger charge is 2.14. The van der Waals surface area contributed by atoms with E-state index in [2.05, 4.69) is 15.9 Å². The molecular formula is C15H12BrCl3O. The first-order chi connectivity index (χ1) is 9.60. The first-order valence-corrected chi connectivity index (χ1v) is 8.11. The summed E-state index contributed by atoms with van der Waals surface area (Å²) in [5, 5.41) is 1.36. The van der Waals surface area contributed by atoms with Gasteiger partial charge >= 0.3 is 0 Å². The molecule has 0 unspecified atom stereocenters. The molecule has 0 amide bonds. The van der Waals surface area contributed by atoms with Gasteiger partial charge < -0.3 is 4.74 Å². The Morgan fingerprint density at radius 1 is 1.00 bits per heavy atom. The molecule has 1 nitrogen and oxygen atoms in total. The zero-order chi connectivity index (χ0) is 14.5. The number of alkyl halides is 1. The lowest BCUT2D eigenvalue weighted by Gasteiger charge is -2.20. The lowest BCUT2D eigenvalue weighted by atomic mass is 10.1. The average molecular weight is 395 g/mol. The Morgan fingerprint density at radius 2 is 1.65 bits per heavy atom. The smallest absolute Gasteiger partial charge is 0.134 e. The fourth-order valence-corrected chi connectivity index (χ4v) is 2.89. The number of hydrogen-bond donors (Lipinski definition) is 0. The predicted molar refractivity (Wildman–Crippen MR) is 89.3 cm³/mol. The van der Waals surface area contributed by atoms with Crippen molar-refractivity contribution < 1.29 is 4.74 Å². The molecule has 0 fully saturated rings. The van der Waals surface area contributed by atoms with Crippen LogP contribution in [0.2, 0.25) is 10.0 Å². The molecule has 1 atom stereocenters. The normalized spacial score (nSPS) is 12.2. The van der Waals surface area contributed by atoms with Crippen molar-refractivity contribution in [3.8, 4) is 5.75 Å². The monoisotopic (exact) mass is 392 g/mol. The first-order valence-electron chi connectivity index (χ1n) is 6.03. The third-order valence-electron chi connectivity index (χ3n) is 2.78. The van der Waals surface area contributed by atoms with Crippen LogP contribution in [0.5, 0.6) is 5.75 Å². The van der Waals surface area contributed by atoms with Gasteiger partial charge in [0.2, 0.25) is 0 Å². The van der Waals surface area contributed by atoms with E-state index in [4.69, 9.17) is 39.5 Å². The van der Waals surface area contributed by atoms with Crippen molar-refractivity contribution in [2.45, 2.75) is 12.5 Å². The Kier molecular flexibility index (Phi) is 6.03. The quantitative estimate of drug-likeness (QED) is 0.526. The van der Waals surface area contributed by atoms with Crippen LogP contribution in [0.15, 0.2) is 46.9 Å². The van der Waals surface area contributed by atoms with E-state index < -0.39 is 0 Å². The minimum absolute atomic E-state index is 0.123. The number of ether oxygens (including phenoxy) is 1. The highest BCUT2D eigenvalue weighted by Crippen LogP contribution is 2.33. The Bertz CT molecular complexity index is 572. The Labute approximate surface area is 141 Å². The highest BCUT2D eigenvalue weighted by atomic mass is 79.9. The molecule has 106 valence electrons. The molecule has 0 heterocycles. The SMILES string of the molecule is ClCC[C@@H](Oc1ccc(Cl)cc1Br)c1ccc(Cl)cc1. The highest BCUT2D eigenvalue weighted by molar-refractivity contribution is 9.10. The summed E-state index contributed by atoms with van der Waals surface area (Å²) in [5.41, 5.74) is 1.04. The van der Waals surface area contributed by atoms with E-state index in [0.29, 0.717) is 22.3 Å². The van der Waals surface area contributed by atoms with Gasteiger partial charge in [-0.2, -0.15) is 0 Å². The molecule has 2 aromatic rings. The van der Waals surface area contributed by atoms with Crippen LogP contribution < -0.4 is 4.74 Å². The minimum Gasteiger partial charge on any atom is -0.485 e. The van der Waals surface area contributed by atoms with Gasteiger partial charge in [0.15, 0.2) is 0 Å². The van der Waals surface area contributed by atoms with E-state index in [1.165, 1.54) is 0 Å². The second kappa shape index (κ2) is 7.56. The van der Waals surface area contributed by atoms with Gasteiger partial charge in [-0.3, -0.25) is 0 Å². The second-order valence-electron chi connectivity index (χ2n) is 4.21. The van der Waals surface area contributed by atoms with Gasteiger partial charge in [0.05, 0.1) is 4.47 Å². The Hall–Kier alpha value is -0.410. The maximum Gasteiger partial charge on any atom is 0.134 e. The van der Waals surface area contributed by atoms with Gasteiger partial charge in [0, 0.05) is 22.3 Å². The molecule has 2 rings (SSSR count). The number of benzene rings is 2. The second-order valence-corrected chi connectivity index (χ2v) is 6.32. The van der Waals surface area contributed by atoms with Crippen LogP contribution in [0.1, 0.15) is 18.1 Å². The third-order valence-corrected chi connectivity index (χ3v) is 4.10. The molecule has 5 heteroatoms. The molecule has 0 saturated carbocycles. The van der Waals surface area contributed by atoms with E-state index in [9.17, 15) is 0 Å².